The minimum absolute atomic E-state index is 0.157. The topological polar surface area (TPSA) is 4.93 Å². The maximum atomic E-state index is 13.2. The second kappa shape index (κ2) is 2.73. The first kappa shape index (κ1) is 8.04. The quantitative estimate of drug-likeness (QED) is 0.650. The molecule has 2 aromatic rings. The van der Waals surface area contributed by atoms with Crippen LogP contribution in [0.3, 0.4) is 0 Å². The average molecular weight is 275 g/mol. The maximum absolute atomic E-state index is 13.2. The summed E-state index contributed by atoms with van der Waals surface area (Å²) < 4.78 is 15.1. The molecule has 0 fully saturated rings. The lowest BCUT2D eigenvalue weighted by atomic mass is 10.2. The van der Waals surface area contributed by atoms with E-state index in [2.05, 4.69) is 22.9 Å². The van der Waals surface area contributed by atoms with Gasteiger partial charge in [-0.15, -0.1) is 0 Å². The third-order valence-electron chi connectivity index (χ3n) is 1.89. The van der Waals surface area contributed by atoms with Gasteiger partial charge in [-0.1, -0.05) is 12.1 Å². The van der Waals surface area contributed by atoms with Crippen molar-refractivity contribution >= 4 is 33.8 Å². The smallest absolute Gasteiger partial charge is 0.148 e. The van der Waals surface area contributed by atoms with Gasteiger partial charge in [-0.25, -0.2) is 4.39 Å². The van der Waals surface area contributed by atoms with Crippen LogP contribution in [0, 0.1) is 12.7 Å². The lowest BCUT2D eigenvalue weighted by Crippen LogP contribution is -1.84. The Labute approximate surface area is 83.7 Å². The number of fused-ring (bicyclic) bond motifs is 1. The van der Waals surface area contributed by atoms with E-state index in [9.17, 15) is 4.39 Å². The third-order valence-corrected chi connectivity index (χ3v) is 3.13. The van der Waals surface area contributed by atoms with Gasteiger partial charge in [-0.2, -0.15) is 0 Å². The van der Waals surface area contributed by atoms with Crippen LogP contribution in [0.15, 0.2) is 24.3 Å². The van der Waals surface area contributed by atoms with Crippen LogP contribution < -0.4 is 0 Å². The number of aryl methyl sites for hydroxylation is 1. The van der Waals surface area contributed by atoms with Gasteiger partial charge in [0.05, 0.1) is 28.4 Å². The van der Waals surface area contributed by atoms with Gasteiger partial charge in [0.25, 0.3) is 0 Å². The molecule has 62 valence electrons. The Kier molecular flexibility index (Phi) is 1.83. The number of para-hydroxylation sites is 1. The molecule has 3 heteroatoms. The second-order valence-corrected chi connectivity index (χ2v) is 3.71. The number of hydrogen-bond donors (Lipinski definition) is 0. The fourth-order valence-electron chi connectivity index (χ4n) is 1.31. The average Bonchev–Trinajstić information content (AvgIpc) is 2.29. The first-order valence-electron chi connectivity index (χ1n) is 3.63. The summed E-state index contributed by atoms with van der Waals surface area (Å²) >= 11 is 2.10. The van der Waals surface area contributed by atoms with E-state index in [0.717, 1.165) is 11.1 Å². The van der Waals surface area contributed by atoms with Crippen LogP contribution in [0.1, 0.15) is 5.69 Å². The third kappa shape index (κ3) is 1.03. The lowest BCUT2D eigenvalue weighted by molar-refractivity contribution is 0.636. The van der Waals surface area contributed by atoms with Crippen molar-refractivity contribution < 1.29 is 4.39 Å². The Morgan fingerprint density at radius 2 is 2.17 bits per heavy atom. The number of hydrogen-bond acceptors (Lipinski definition) is 0. The Bertz CT molecular complexity index is 433. The van der Waals surface area contributed by atoms with Crippen molar-refractivity contribution in [2.45, 2.75) is 6.92 Å². The Balaban J connectivity index is 2.97. The predicted octanol–water partition coefficient (Wildman–Crippen LogP) is 3.29. The van der Waals surface area contributed by atoms with Gasteiger partial charge < -0.3 is 0 Å². The van der Waals surface area contributed by atoms with Crippen molar-refractivity contribution in [2.24, 2.45) is 0 Å². The van der Waals surface area contributed by atoms with Crippen LogP contribution in [0.5, 0.6) is 0 Å². The van der Waals surface area contributed by atoms with E-state index in [1.165, 1.54) is 6.07 Å². The highest BCUT2D eigenvalue weighted by molar-refractivity contribution is 14.1. The van der Waals surface area contributed by atoms with Crippen LogP contribution in [-0.4, -0.2) is 2.78 Å². The summed E-state index contributed by atoms with van der Waals surface area (Å²) in [5, 5.41) is 0.960. The summed E-state index contributed by atoms with van der Waals surface area (Å²) in [6.07, 6.45) is 0. The van der Waals surface area contributed by atoms with E-state index in [0.29, 0.717) is 5.52 Å². The summed E-state index contributed by atoms with van der Waals surface area (Å²) in [5.74, 6) is -0.157. The number of nitrogens with zero attached hydrogens (tertiary/aromatic N) is 1. The molecule has 0 unspecified atom stereocenters. The molecule has 12 heavy (non-hydrogen) atoms. The molecule has 1 nitrogen and oxygen atoms in total. The zero-order valence-electron chi connectivity index (χ0n) is 6.51. The van der Waals surface area contributed by atoms with Gasteiger partial charge in [0, 0.05) is 11.1 Å². The van der Waals surface area contributed by atoms with Gasteiger partial charge in [0.15, 0.2) is 0 Å². The normalized spacial score (nSPS) is 10.9. The van der Waals surface area contributed by atoms with Crippen molar-refractivity contribution in [3.63, 3.8) is 0 Å². The van der Waals surface area contributed by atoms with Crippen molar-refractivity contribution in [1.82, 2.24) is 2.78 Å². The van der Waals surface area contributed by atoms with E-state index in [1.807, 2.05) is 21.8 Å². The molecule has 0 aliphatic heterocycles. The highest BCUT2D eigenvalue weighted by Gasteiger charge is 2.06. The number of halogens is 2. The minimum Gasteiger partial charge on any atom is -0.284 e. The van der Waals surface area contributed by atoms with Crippen LogP contribution in [0.2, 0.25) is 0 Å². The van der Waals surface area contributed by atoms with Crippen molar-refractivity contribution in [2.75, 3.05) is 0 Å². The minimum atomic E-state index is -0.157. The van der Waals surface area contributed by atoms with Gasteiger partial charge in [0.2, 0.25) is 0 Å². The SMILES string of the molecule is Cc1cc2cccc(F)c2n1I. The van der Waals surface area contributed by atoms with Crippen molar-refractivity contribution in [1.29, 1.82) is 0 Å². The highest BCUT2D eigenvalue weighted by Crippen LogP contribution is 2.23. The van der Waals surface area contributed by atoms with Crippen molar-refractivity contribution in [3.05, 3.63) is 35.8 Å². The molecule has 0 saturated carbocycles. The Hall–Kier alpha value is -0.580. The zero-order valence-corrected chi connectivity index (χ0v) is 8.67. The molecule has 0 aliphatic carbocycles. The molecule has 0 radical (unpaired) electrons. The maximum Gasteiger partial charge on any atom is 0.148 e. The first-order valence-corrected chi connectivity index (χ1v) is 4.59. The molecule has 0 saturated heterocycles. The zero-order chi connectivity index (χ0) is 8.72. The summed E-state index contributed by atoms with van der Waals surface area (Å²) in [6, 6.07) is 7.11. The monoisotopic (exact) mass is 275 g/mol. The van der Waals surface area contributed by atoms with E-state index in [1.54, 1.807) is 6.07 Å². The van der Waals surface area contributed by atoms with Gasteiger partial charge in [-0.3, -0.25) is 2.78 Å². The molecular formula is C9H7FIN. The lowest BCUT2D eigenvalue weighted by Gasteiger charge is -1.96. The van der Waals surface area contributed by atoms with E-state index >= 15 is 0 Å². The molecular weight excluding hydrogens is 268 g/mol. The molecule has 1 aromatic carbocycles. The van der Waals surface area contributed by atoms with Crippen LogP contribution in [0.25, 0.3) is 10.9 Å². The molecule has 0 bridgehead atoms. The summed E-state index contributed by atoms with van der Waals surface area (Å²) in [4.78, 5) is 0. The molecule has 0 N–H and O–H groups in total. The summed E-state index contributed by atoms with van der Waals surface area (Å²) in [7, 11) is 0. The molecule has 2 rings (SSSR count). The Morgan fingerprint density at radius 1 is 1.42 bits per heavy atom. The standard InChI is InChI=1S/C9H7FIN/c1-6-5-7-3-2-4-8(10)9(7)12(6)11/h2-5H,1H3. The van der Waals surface area contributed by atoms with E-state index < -0.39 is 0 Å². The number of aromatic nitrogens is 1. The van der Waals surface area contributed by atoms with Crippen molar-refractivity contribution in [3.8, 4) is 0 Å². The molecule has 1 aromatic heterocycles. The fourth-order valence-corrected chi connectivity index (χ4v) is 1.96. The fraction of sp³-hybridized carbons (Fsp3) is 0.111. The van der Waals surface area contributed by atoms with Crippen LogP contribution >= 0.6 is 22.9 Å². The van der Waals surface area contributed by atoms with Gasteiger partial charge in [0.1, 0.15) is 5.82 Å². The van der Waals surface area contributed by atoms with Gasteiger partial charge >= 0.3 is 0 Å². The van der Waals surface area contributed by atoms with Crippen LogP contribution in [-0.2, 0) is 0 Å². The van der Waals surface area contributed by atoms with Gasteiger partial charge in [-0.05, 0) is 19.1 Å². The second-order valence-electron chi connectivity index (χ2n) is 2.74. The molecule has 0 spiro atoms. The largest absolute Gasteiger partial charge is 0.284 e. The summed E-state index contributed by atoms with van der Waals surface area (Å²) in [5.41, 5.74) is 1.74. The Morgan fingerprint density at radius 3 is 2.83 bits per heavy atom. The molecule has 0 aliphatic rings. The first-order chi connectivity index (χ1) is 5.70. The highest BCUT2D eigenvalue weighted by atomic mass is 127. The van der Waals surface area contributed by atoms with Crippen LogP contribution in [0.4, 0.5) is 4.39 Å². The summed E-state index contributed by atoms with van der Waals surface area (Å²) in [6.45, 7) is 1.96. The molecule has 0 amide bonds. The number of rotatable bonds is 0. The predicted molar refractivity (Wildman–Crippen MR) is 56.1 cm³/mol. The number of benzene rings is 1. The molecule has 0 atom stereocenters. The molecule has 1 heterocycles. The van der Waals surface area contributed by atoms with E-state index in [-0.39, 0.29) is 5.82 Å². The van der Waals surface area contributed by atoms with E-state index in [4.69, 9.17) is 0 Å².